The van der Waals surface area contributed by atoms with E-state index in [1.165, 1.54) is 22.9 Å². The van der Waals surface area contributed by atoms with Crippen molar-refractivity contribution in [1.82, 2.24) is 19.4 Å². The molecule has 2 aromatic carbocycles. The van der Waals surface area contributed by atoms with Crippen LogP contribution in [-0.2, 0) is 30.4 Å². The summed E-state index contributed by atoms with van der Waals surface area (Å²) >= 11 is 0. The number of aliphatic carboxylic acids is 1. The van der Waals surface area contributed by atoms with E-state index in [1.54, 1.807) is 51.3 Å². The Balaban J connectivity index is 1.92. The summed E-state index contributed by atoms with van der Waals surface area (Å²) in [6.07, 6.45) is -2.74. The number of ether oxygens (including phenoxy) is 2. The fourth-order valence-corrected chi connectivity index (χ4v) is 6.36. The molecule has 1 N–H and O–H groups in total. The summed E-state index contributed by atoms with van der Waals surface area (Å²) in [5.74, 6) is -5.08. The van der Waals surface area contributed by atoms with Crippen LogP contribution < -0.4 is 0 Å². The van der Waals surface area contributed by atoms with Gasteiger partial charge in [0.15, 0.2) is 6.10 Å². The zero-order chi connectivity index (χ0) is 37.8. The first-order chi connectivity index (χ1) is 23.8. The number of imidazole rings is 1. The van der Waals surface area contributed by atoms with Gasteiger partial charge in [0.2, 0.25) is 0 Å². The lowest BCUT2D eigenvalue weighted by molar-refractivity contribution is -0.161. The Morgan fingerprint density at radius 1 is 1.04 bits per heavy atom. The highest BCUT2D eigenvalue weighted by Crippen LogP contribution is 2.43. The second kappa shape index (κ2) is 15.6. The molecule has 2 heterocycles. The number of carboxylic acids is 1. The van der Waals surface area contributed by atoms with Crippen LogP contribution in [0.25, 0.3) is 11.3 Å². The molecule has 0 radical (unpaired) electrons. The van der Waals surface area contributed by atoms with Crippen molar-refractivity contribution < 1.29 is 46.9 Å². The second-order valence-corrected chi connectivity index (χ2v) is 14.6. The highest BCUT2D eigenvalue weighted by Gasteiger charge is 2.47. The highest BCUT2D eigenvalue weighted by atomic mass is 19.1. The molecule has 4 atom stereocenters. The fraction of sp³-hybridized carbons (Fsp3) is 0.486. The standard InChI is InChI=1S/C37H45F3N4O7/c1-22(50-23(2)45)34(48)44(19-25-18-43(20-29(25)40)35(49)51-36(3,4)5)32(37(6,7)16-31(46)47)33-41-30(27-15-26(38)13-14-28(27)39)21-42(33)17-24-11-9-8-10-12-24/h8-15,21-22,25,29,32H,16-20H2,1-7H3,(H,46,47). The van der Waals surface area contributed by atoms with E-state index < -0.39 is 77.2 Å². The van der Waals surface area contributed by atoms with Crippen molar-refractivity contribution >= 4 is 23.9 Å². The van der Waals surface area contributed by atoms with Crippen molar-refractivity contribution in [2.75, 3.05) is 19.6 Å². The predicted molar refractivity (Wildman–Crippen MR) is 181 cm³/mol. The van der Waals surface area contributed by atoms with Crippen LogP contribution in [0.3, 0.4) is 0 Å². The summed E-state index contributed by atoms with van der Waals surface area (Å²) in [7, 11) is 0. The number of likely N-dealkylation sites (tertiary alicyclic amines) is 1. The zero-order valence-electron chi connectivity index (χ0n) is 29.9. The third-order valence-electron chi connectivity index (χ3n) is 8.53. The van der Waals surface area contributed by atoms with Crippen LogP contribution in [0.2, 0.25) is 0 Å². The van der Waals surface area contributed by atoms with Crippen molar-refractivity contribution in [1.29, 1.82) is 0 Å². The zero-order valence-corrected chi connectivity index (χ0v) is 29.9. The van der Waals surface area contributed by atoms with E-state index >= 15 is 8.78 Å². The quantitative estimate of drug-likeness (QED) is 0.213. The van der Waals surface area contributed by atoms with E-state index in [0.717, 1.165) is 30.7 Å². The van der Waals surface area contributed by atoms with Gasteiger partial charge in [-0.2, -0.15) is 0 Å². The molecule has 1 aromatic heterocycles. The van der Waals surface area contributed by atoms with Gasteiger partial charge in [-0.1, -0.05) is 44.2 Å². The van der Waals surface area contributed by atoms with Crippen LogP contribution in [0.1, 0.15) is 72.3 Å². The molecule has 0 bridgehead atoms. The van der Waals surface area contributed by atoms with Gasteiger partial charge in [-0.15, -0.1) is 0 Å². The van der Waals surface area contributed by atoms with Gasteiger partial charge in [0.05, 0.1) is 24.7 Å². The first kappa shape index (κ1) is 38.9. The van der Waals surface area contributed by atoms with Crippen molar-refractivity contribution in [2.45, 2.75) is 85.4 Å². The van der Waals surface area contributed by atoms with Crippen molar-refractivity contribution in [2.24, 2.45) is 11.3 Å². The fourth-order valence-electron chi connectivity index (χ4n) is 6.36. The largest absolute Gasteiger partial charge is 0.481 e. The Hall–Kier alpha value is -4.88. The average molecular weight is 715 g/mol. The van der Waals surface area contributed by atoms with Gasteiger partial charge in [0.1, 0.15) is 29.2 Å². The number of amides is 2. The van der Waals surface area contributed by atoms with Gasteiger partial charge >= 0.3 is 18.0 Å². The van der Waals surface area contributed by atoms with Crippen LogP contribution in [0.5, 0.6) is 0 Å². The summed E-state index contributed by atoms with van der Waals surface area (Å²) in [6, 6.07) is 10.7. The van der Waals surface area contributed by atoms with Gasteiger partial charge in [-0.05, 0) is 51.5 Å². The number of esters is 1. The van der Waals surface area contributed by atoms with E-state index in [9.17, 15) is 28.7 Å². The summed E-state index contributed by atoms with van der Waals surface area (Å²) in [5, 5.41) is 10.1. The topological polar surface area (TPSA) is 131 Å². The van der Waals surface area contributed by atoms with Crippen molar-refractivity contribution in [3.8, 4) is 11.3 Å². The third kappa shape index (κ3) is 9.89. The van der Waals surface area contributed by atoms with E-state index in [1.807, 2.05) is 18.2 Å². The van der Waals surface area contributed by atoms with Gasteiger partial charge in [0, 0.05) is 49.7 Å². The van der Waals surface area contributed by atoms with Crippen molar-refractivity contribution in [3.63, 3.8) is 0 Å². The molecule has 1 aliphatic heterocycles. The maximum atomic E-state index is 15.8. The maximum Gasteiger partial charge on any atom is 0.410 e. The molecule has 1 fully saturated rings. The van der Waals surface area contributed by atoms with Gasteiger partial charge in [0.25, 0.3) is 5.91 Å². The number of nitrogens with zero attached hydrogens (tertiary/aromatic N) is 4. The lowest BCUT2D eigenvalue weighted by Gasteiger charge is -2.43. The molecule has 0 aliphatic carbocycles. The summed E-state index contributed by atoms with van der Waals surface area (Å²) in [4.78, 5) is 58.8. The maximum absolute atomic E-state index is 15.8. The van der Waals surface area contributed by atoms with E-state index in [2.05, 4.69) is 0 Å². The molecule has 276 valence electrons. The third-order valence-corrected chi connectivity index (χ3v) is 8.53. The molecule has 4 unspecified atom stereocenters. The van der Waals surface area contributed by atoms with Crippen LogP contribution in [0, 0.1) is 23.0 Å². The number of carbonyl (C=O) groups excluding carboxylic acids is 3. The van der Waals surface area contributed by atoms with E-state index in [-0.39, 0.29) is 43.3 Å². The molecule has 0 spiro atoms. The molecule has 0 saturated carbocycles. The minimum absolute atomic E-state index is 0.00910. The molecule has 3 aromatic rings. The van der Waals surface area contributed by atoms with Crippen LogP contribution in [0.4, 0.5) is 18.0 Å². The predicted octanol–water partition coefficient (Wildman–Crippen LogP) is 6.40. The minimum atomic E-state index is -1.61. The van der Waals surface area contributed by atoms with Crippen LogP contribution in [0.15, 0.2) is 54.7 Å². The second-order valence-electron chi connectivity index (χ2n) is 14.6. The van der Waals surface area contributed by atoms with Gasteiger partial charge < -0.3 is 28.9 Å². The number of benzene rings is 2. The van der Waals surface area contributed by atoms with Gasteiger partial charge in [-0.3, -0.25) is 14.4 Å². The number of rotatable bonds is 12. The average Bonchev–Trinajstić information content (AvgIpc) is 3.59. The Bertz CT molecular complexity index is 1740. The summed E-state index contributed by atoms with van der Waals surface area (Å²) in [6.45, 7) is 10.0. The highest BCUT2D eigenvalue weighted by molar-refractivity contribution is 5.83. The number of carbonyl (C=O) groups is 4. The van der Waals surface area contributed by atoms with Crippen LogP contribution in [-0.4, -0.2) is 85.9 Å². The van der Waals surface area contributed by atoms with Gasteiger partial charge in [-0.25, -0.2) is 22.9 Å². The lowest BCUT2D eigenvalue weighted by atomic mass is 9.79. The minimum Gasteiger partial charge on any atom is -0.481 e. The van der Waals surface area contributed by atoms with E-state index in [0.29, 0.717) is 0 Å². The SMILES string of the molecule is CC(=O)OC(C)C(=O)N(CC1CN(C(=O)OC(C)(C)C)CC1F)C(c1nc(-c2cc(F)ccc2F)cn1Cc1ccccc1)C(C)(C)CC(=O)O. The Morgan fingerprint density at radius 2 is 1.71 bits per heavy atom. The molecule has 14 heteroatoms. The monoisotopic (exact) mass is 714 g/mol. The molecule has 1 aliphatic rings. The number of hydrogen-bond donors (Lipinski definition) is 1. The summed E-state index contributed by atoms with van der Waals surface area (Å²) in [5.41, 5.74) is -1.57. The first-order valence-corrected chi connectivity index (χ1v) is 16.6. The summed E-state index contributed by atoms with van der Waals surface area (Å²) < 4.78 is 57.8. The number of halogens is 3. The Labute approximate surface area is 295 Å². The van der Waals surface area contributed by atoms with E-state index in [4.69, 9.17) is 14.5 Å². The molecule has 51 heavy (non-hydrogen) atoms. The number of alkyl halides is 1. The Kier molecular flexibility index (Phi) is 11.9. The van der Waals surface area contributed by atoms with Crippen LogP contribution >= 0.6 is 0 Å². The molecule has 4 rings (SSSR count). The number of aromatic nitrogens is 2. The molecular weight excluding hydrogens is 669 g/mol. The molecular formula is C37H45F3N4O7. The molecule has 11 nitrogen and oxygen atoms in total. The Morgan fingerprint density at radius 3 is 2.31 bits per heavy atom. The van der Waals surface area contributed by atoms with Crippen molar-refractivity contribution in [3.05, 3.63) is 77.8 Å². The first-order valence-electron chi connectivity index (χ1n) is 16.6. The lowest BCUT2D eigenvalue weighted by Crippen LogP contribution is -2.50. The molecule has 2 amide bonds. The normalized spacial score (nSPS) is 17.5. The molecule has 1 saturated heterocycles. The number of hydrogen-bond acceptors (Lipinski definition) is 7. The number of carboxylic acid groups (broad SMARTS) is 1. The smallest absolute Gasteiger partial charge is 0.410 e.